The first-order valence-electron chi connectivity index (χ1n) is 6.08. The van der Waals surface area contributed by atoms with Gasteiger partial charge < -0.3 is 5.73 Å². The average Bonchev–Trinajstić information content (AvgIpc) is 2.97. The number of nitrogens with two attached hydrogens (primary N) is 1. The summed E-state index contributed by atoms with van der Waals surface area (Å²) in [7, 11) is 0. The molecule has 5 nitrogen and oxygen atoms in total. The van der Waals surface area contributed by atoms with E-state index in [1.165, 1.54) is 11.3 Å². The number of primary amides is 1. The number of likely N-dealkylation sites (tertiary alicyclic amines) is 1. The molecule has 1 aliphatic heterocycles. The standard InChI is InChI=1S/C12H13ClN4OS/c13-10-7-3-5-19-12(7)16-9(15-10)6-17-4-1-2-8(17)11(14)18/h3,5,8H,1-2,4,6H2,(H2,14,18). The summed E-state index contributed by atoms with van der Waals surface area (Å²) >= 11 is 7.67. The van der Waals surface area contributed by atoms with Crippen molar-refractivity contribution in [1.82, 2.24) is 14.9 Å². The topological polar surface area (TPSA) is 72.1 Å². The zero-order valence-corrected chi connectivity index (χ0v) is 11.7. The number of carbonyl (C=O) groups excluding carboxylic acids is 1. The summed E-state index contributed by atoms with van der Waals surface area (Å²) in [5.41, 5.74) is 5.40. The Morgan fingerprint density at radius 3 is 3.21 bits per heavy atom. The molecule has 0 saturated carbocycles. The molecule has 100 valence electrons. The molecule has 1 atom stereocenters. The van der Waals surface area contributed by atoms with Gasteiger partial charge in [-0.3, -0.25) is 9.69 Å². The number of hydrogen-bond acceptors (Lipinski definition) is 5. The number of hydrogen-bond donors (Lipinski definition) is 1. The van der Waals surface area contributed by atoms with Crippen molar-refractivity contribution in [2.75, 3.05) is 6.54 Å². The van der Waals surface area contributed by atoms with Crippen molar-refractivity contribution >= 4 is 39.1 Å². The minimum absolute atomic E-state index is 0.207. The second-order valence-corrected chi connectivity index (χ2v) is 5.85. The third kappa shape index (κ3) is 2.43. The van der Waals surface area contributed by atoms with Crippen molar-refractivity contribution in [2.45, 2.75) is 25.4 Å². The lowest BCUT2D eigenvalue weighted by Gasteiger charge is -2.20. The van der Waals surface area contributed by atoms with Crippen LogP contribution >= 0.6 is 22.9 Å². The van der Waals surface area contributed by atoms with Crippen molar-refractivity contribution in [3.05, 3.63) is 22.4 Å². The first kappa shape index (κ1) is 12.8. The second kappa shape index (κ2) is 5.03. The molecule has 3 rings (SSSR count). The quantitative estimate of drug-likeness (QED) is 0.877. The molecule has 2 aromatic heterocycles. The Morgan fingerprint density at radius 1 is 1.58 bits per heavy atom. The van der Waals surface area contributed by atoms with Crippen LogP contribution in [0.15, 0.2) is 11.4 Å². The summed E-state index contributed by atoms with van der Waals surface area (Å²) in [5, 5.41) is 3.29. The Hall–Kier alpha value is -1.24. The summed E-state index contributed by atoms with van der Waals surface area (Å²) < 4.78 is 0. The molecule has 0 spiro atoms. The molecule has 3 heterocycles. The molecule has 0 radical (unpaired) electrons. The highest BCUT2D eigenvalue weighted by Gasteiger charge is 2.29. The predicted octanol–water partition coefficient (Wildman–Crippen LogP) is 1.79. The Morgan fingerprint density at radius 2 is 2.42 bits per heavy atom. The van der Waals surface area contributed by atoms with Crippen LogP contribution in [0.3, 0.4) is 0 Å². The molecule has 1 fully saturated rings. The zero-order chi connectivity index (χ0) is 13.4. The first-order chi connectivity index (χ1) is 9.15. The number of aromatic nitrogens is 2. The van der Waals surface area contributed by atoms with E-state index in [0.717, 1.165) is 29.6 Å². The highest BCUT2D eigenvalue weighted by atomic mass is 35.5. The van der Waals surface area contributed by atoms with Crippen molar-refractivity contribution in [3.63, 3.8) is 0 Å². The molecule has 0 aromatic carbocycles. The molecule has 1 aliphatic rings. The van der Waals surface area contributed by atoms with E-state index in [-0.39, 0.29) is 11.9 Å². The van der Waals surface area contributed by atoms with Crippen molar-refractivity contribution < 1.29 is 4.79 Å². The van der Waals surface area contributed by atoms with E-state index < -0.39 is 0 Å². The van der Waals surface area contributed by atoms with Gasteiger partial charge in [0.1, 0.15) is 15.8 Å². The minimum Gasteiger partial charge on any atom is -0.368 e. The van der Waals surface area contributed by atoms with Gasteiger partial charge in [-0.25, -0.2) is 9.97 Å². The molecule has 2 aromatic rings. The Balaban J connectivity index is 1.86. The summed E-state index contributed by atoms with van der Waals surface area (Å²) in [6.45, 7) is 1.36. The predicted molar refractivity (Wildman–Crippen MR) is 75.1 cm³/mol. The highest BCUT2D eigenvalue weighted by molar-refractivity contribution is 7.16. The number of rotatable bonds is 3. The van der Waals surface area contributed by atoms with E-state index >= 15 is 0 Å². The second-order valence-electron chi connectivity index (χ2n) is 4.60. The van der Waals surface area contributed by atoms with Gasteiger partial charge in [0.25, 0.3) is 0 Å². The highest BCUT2D eigenvalue weighted by Crippen LogP contribution is 2.26. The van der Waals surface area contributed by atoms with Gasteiger partial charge in [-0.2, -0.15) is 0 Å². The number of nitrogens with zero attached hydrogens (tertiary/aromatic N) is 3. The molecular formula is C12H13ClN4OS. The van der Waals surface area contributed by atoms with E-state index in [4.69, 9.17) is 17.3 Å². The normalized spacial score (nSPS) is 20.2. The Labute approximate surface area is 119 Å². The lowest BCUT2D eigenvalue weighted by Crippen LogP contribution is -2.40. The molecule has 19 heavy (non-hydrogen) atoms. The lowest BCUT2D eigenvalue weighted by atomic mass is 10.2. The summed E-state index contributed by atoms with van der Waals surface area (Å²) in [5.74, 6) is 0.369. The SMILES string of the molecule is NC(=O)C1CCCN1Cc1nc(Cl)c2ccsc2n1. The fraction of sp³-hybridized carbons (Fsp3) is 0.417. The van der Waals surface area contributed by atoms with Crippen molar-refractivity contribution in [1.29, 1.82) is 0 Å². The van der Waals surface area contributed by atoms with Crippen molar-refractivity contribution in [3.8, 4) is 0 Å². The van der Waals surface area contributed by atoms with Gasteiger partial charge in [-0.1, -0.05) is 11.6 Å². The molecular weight excluding hydrogens is 284 g/mol. The van der Waals surface area contributed by atoms with Crippen LogP contribution in [0.2, 0.25) is 5.15 Å². The maximum absolute atomic E-state index is 11.4. The van der Waals surface area contributed by atoms with E-state index in [0.29, 0.717) is 17.5 Å². The fourth-order valence-corrected chi connectivity index (χ4v) is 3.54. The van der Waals surface area contributed by atoms with Crippen LogP contribution in [0.25, 0.3) is 10.2 Å². The van der Waals surface area contributed by atoms with Gasteiger partial charge >= 0.3 is 0 Å². The monoisotopic (exact) mass is 296 g/mol. The van der Waals surface area contributed by atoms with Gasteiger partial charge in [0.05, 0.1) is 12.6 Å². The third-order valence-electron chi connectivity index (χ3n) is 3.36. The number of amides is 1. The molecule has 2 N–H and O–H groups in total. The van der Waals surface area contributed by atoms with Crippen LogP contribution in [0.5, 0.6) is 0 Å². The average molecular weight is 297 g/mol. The van der Waals surface area contributed by atoms with Gasteiger partial charge in [0.2, 0.25) is 5.91 Å². The van der Waals surface area contributed by atoms with Crippen LogP contribution < -0.4 is 5.73 Å². The maximum Gasteiger partial charge on any atom is 0.234 e. The van der Waals surface area contributed by atoms with Crippen LogP contribution in [-0.4, -0.2) is 33.4 Å². The molecule has 1 unspecified atom stereocenters. The minimum atomic E-state index is -0.277. The van der Waals surface area contributed by atoms with E-state index in [9.17, 15) is 4.79 Å². The molecule has 1 saturated heterocycles. The molecule has 7 heteroatoms. The number of thiophene rings is 1. The zero-order valence-electron chi connectivity index (χ0n) is 10.2. The maximum atomic E-state index is 11.4. The van der Waals surface area contributed by atoms with Gasteiger partial charge in [-0.15, -0.1) is 11.3 Å². The number of halogens is 1. The summed E-state index contributed by atoms with van der Waals surface area (Å²) in [4.78, 5) is 23.0. The summed E-state index contributed by atoms with van der Waals surface area (Å²) in [6, 6.07) is 1.70. The smallest absolute Gasteiger partial charge is 0.234 e. The van der Waals surface area contributed by atoms with Crippen LogP contribution in [0.1, 0.15) is 18.7 Å². The van der Waals surface area contributed by atoms with E-state index in [1.54, 1.807) is 0 Å². The molecule has 0 bridgehead atoms. The van der Waals surface area contributed by atoms with Crippen LogP contribution in [-0.2, 0) is 11.3 Å². The number of carbonyl (C=O) groups is 1. The number of fused-ring (bicyclic) bond motifs is 1. The van der Waals surface area contributed by atoms with Gasteiger partial charge in [0.15, 0.2) is 0 Å². The lowest BCUT2D eigenvalue weighted by molar-refractivity contribution is -0.122. The third-order valence-corrected chi connectivity index (χ3v) is 4.46. The van der Waals surface area contributed by atoms with E-state index in [2.05, 4.69) is 9.97 Å². The summed E-state index contributed by atoms with van der Waals surface area (Å²) in [6.07, 6.45) is 1.78. The fourth-order valence-electron chi connectivity index (χ4n) is 2.45. The Bertz CT molecular complexity index is 629. The van der Waals surface area contributed by atoms with Gasteiger partial charge in [-0.05, 0) is 30.8 Å². The molecule has 0 aliphatic carbocycles. The molecule has 1 amide bonds. The van der Waals surface area contributed by atoms with Crippen LogP contribution in [0.4, 0.5) is 0 Å². The van der Waals surface area contributed by atoms with Gasteiger partial charge in [0, 0.05) is 5.39 Å². The Kier molecular flexibility index (Phi) is 3.38. The van der Waals surface area contributed by atoms with Crippen molar-refractivity contribution in [2.24, 2.45) is 5.73 Å². The van der Waals surface area contributed by atoms with Crippen LogP contribution in [0, 0.1) is 0 Å². The first-order valence-corrected chi connectivity index (χ1v) is 7.34. The largest absolute Gasteiger partial charge is 0.368 e. The van der Waals surface area contributed by atoms with E-state index in [1.807, 2.05) is 16.3 Å².